The van der Waals surface area contributed by atoms with Crippen molar-refractivity contribution in [2.75, 3.05) is 24.7 Å². The maximum Gasteiger partial charge on any atom is 0.251 e. The molecule has 1 aliphatic carbocycles. The lowest BCUT2D eigenvalue weighted by atomic mass is 9.64. The first-order valence-corrected chi connectivity index (χ1v) is 7.39. The van der Waals surface area contributed by atoms with Crippen LogP contribution in [0.3, 0.4) is 0 Å². The number of hydrogen-bond acceptors (Lipinski definition) is 4. The average Bonchev–Trinajstić information content (AvgIpc) is 2.46. The number of nitrogen functional groups attached to an aromatic ring is 1. The molecule has 0 aliphatic heterocycles. The van der Waals surface area contributed by atoms with E-state index in [1.165, 1.54) is 0 Å². The molecule has 5 nitrogen and oxygen atoms in total. The molecule has 0 heterocycles. The van der Waals surface area contributed by atoms with E-state index in [2.05, 4.69) is 24.5 Å². The standard InChI is InChI=1S/C16H25N3O2/c1-5-21-14-9-13(16(14,2)3)19-12-7-6-10(8-11(12)17)15(20)18-4/h6-8,13-14,19H,5,9,17H2,1-4H3,(H,18,20). The number of anilines is 2. The van der Waals surface area contributed by atoms with E-state index in [0.717, 1.165) is 18.7 Å². The van der Waals surface area contributed by atoms with Crippen molar-refractivity contribution in [1.29, 1.82) is 0 Å². The van der Waals surface area contributed by atoms with Crippen LogP contribution in [0.15, 0.2) is 18.2 Å². The molecule has 2 unspecified atom stereocenters. The number of nitrogens with one attached hydrogen (secondary N) is 2. The van der Waals surface area contributed by atoms with Crippen LogP contribution < -0.4 is 16.4 Å². The second-order valence-electron chi connectivity index (χ2n) is 6.08. The molecule has 21 heavy (non-hydrogen) atoms. The molecule has 1 aliphatic rings. The molecule has 1 saturated carbocycles. The molecule has 0 saturated heterocycles. The van der Waals surface area contributed by atoms with Crippen molar-refractivity contribution < 1.29 is 9.53 Å². The minimum Gasteiger partial charge on any atom is -0.397 e. The van der Waals surface area contributed by atoms with E-state index < -0.39 is 0 Å². The molecule has 0 bridgehead atoms. The van der Waals surface area contributed by atoms with Gasteiger partial charge in [0.15, 0.2) is 0 Å². The normalized spacial score (nSPS) is 23.2. The largest absolute Gasteiger partial charge is 0.397 e. The van der Waals surface area contributed by atoms with Crippen molar-refractivity contribution in [3.63, 3.8) is 0 Å². The Bertz CT molecular complexity index is 528. The highest BCUT2D eigenvalue weighted by atomic mass is 16.5. The monoisotopic (exact) mass is 291 g/mol. The van der Waals surface area contributed by atoms with Crippen molar-refractivity contribution in [3.05, 3.63) is 23.8 Å². The van der Waals surface area contributed by atoms with Crippen LogP contribution in [0.5, 0.6) is 0 Å². The first-order valence-electron chi connectivity index (χ1n) is 7.39. The van der Waals surface area contributed by atoms with E-state index in [-0.39, 0.29) is 17.4 Å². The summed E-state index contributed by atoms with van der Waals surface area (Å²) in [5, 5.41) is 6.07. The average molecular weight is 291 g/mol. The number of ether oxygens (including phenoxy) is 1. The van der Waals surface area contributed by atoms with Gasteiger partial charge in [0.1, 0.15) is 0 Å². The molecular formula is C16H25N3O2. The summed E-state index contributed by atoms with van der Waals surface area (Å²) in [6.07, 6.45) is 1.25. The molecule has 1 aromatic rings. The molecule has 1 aromatic carbocycles. The van der Waals surface area contributed by atoms with Crippen LogP contribution >= 0.6 is 0 Å². The number of nitrogens with two attached hydrogens (primary N) is 1. The fourth-order valence-corrected chi connectivity index (χ4v) is 2.78. The number of carbonyl (C=O) groups excluding carboxylic acids is 1. The zero-order valence-electron chi connectivity index (χ0n) is 13.2. The summed E-state index contributed by atoms with van der Waals surface area (Å²) >= 11 is 0. The van der Waals surface area contributed by atoms with Gasteiger partial charge >= 0.3 is 0 Å². The van der Waals surface area contributed by atoms with Gasteiger partial charge in [-0.3, -0.25) is 4.79 Å². The Kier molecular flexibility index (Phi) is 4.42. The lowest BCUT2D eigenvalue weighted by Crippen LogP contribution is -2.58. The zero-order chi connectivity index (χ0) is 15.6. The van der Waals surface area contributed by atoms with E-state index in [1.807, 2.05) is 13.0 Å². The number of amides is 1. The Hall–Kier alpha value is -1.75. The van der Waals surface area contributed by atoms with Gasteiger partial charge in [0, 0.05) is 30.7 Å². The number of rotatable bonds is 5. The maximum atomic E-state index is 11.6. The summed E-state index contributed by atoms with van der Waals surface area (Å²) in [5.74, 6) is -0.131. The SMILES string of the molecule is CCOC1CC(Nc2ccc(C(=O)NC)cc2N)C1(C)C. The lowest BCUT2D eigenvalue weighted by molar-refractivity contribution is -0.0975. The van der Waals surface area contributed by atoms with Gasteiger partial charge in [0.05, 0.1) is 17.5 Å². The smallest absolute Gasteiger partial charge is 0.251 e. The van der Waals surface area contributed by atoms with E-state index in [9.17, 15) is 4.79 Å². The second kappa shape index (κ2) is 5.93. The Labute approximate surface area is 126 Å². The van der Waals surface area contributed by atoms with Gasteiger partial charge in [-0.15, -0.1) is 0 Å². The molecule has 5 heteroatoms. The molecule has 4 N–H and O–H groups in total. The molecule has 2 rings (SSSR count). The van der Waals surface area contributed by atoms with Crippen LogP contribution in [-0.4, -0.2) is 31.7 Å². The number of carbonyl (C=O) groups is 1. The minimum atomic E-state index is -0.131. The first-order chi connectivity index (χ1) is 9.90. The Morgan fingerprint density at radius 3 is 2.71 bits per heavy atom. The molecule has 116 valence electrons. The van der Waals surface area contributed by atoms with Crippen LogP contribution in [0.4, 0.5) is 11.4 Å². The molecule has 0 radical (unpaired) electrons. The summed E-state index contributed by atoms with van der Waals surface area (Å²) < 4.78 is 5.73. The third-order valence-corrected chi connectivity index (χ3v) is 4.42. The maximum absolute atomic E-state index is 11.6. The van der Waals surface area contributed by atoms with Crippen molar-refractivity contribution in [3.8, 4) is 0 Å². The molecule has 2 atom stereocenters. The summed E-state index contributed by atoms with van der Waals surface area (Å²) in [7, 11) is 1.61. The molecule has 0 spiro atoms. The fraction of sp³-hybridized carbons (Fsp3) is 0.562. The molecule has 1 fully saturated rings. The molecule has 0 aromatic heterocycles. The van der Waals surface area contributed by atoms with Gasteiger partial charge in [-0.25, -0.2) is 0 Å². The van der Waals surface area contributed by atoms with E-state index in [1.54, 1.807) is 19.2 Å². The minimum absolute atomic E-state index is 0.0713. The van der Waals surface area contributed by atoms with Crippen LogP contribution in [0.1, 0.15) is 37.6 Å². The predicted molar refractivity (Wildman–Crippen MR) is 85.5 cm³/mol. The van der Waals surface area contributed by atoms with Gasteiger partial charge in [-0.05, 0) is 31.5 Å². The Morgan fingerprint density at radius 2 is 2.19 bits per heavy atom. The Balaban J connectivity index is 2.06. The lowest BCUT2D eigenvalue weighted by Gasteiger charge is -2.52. The predicted octanol–water partition coefficient (Wildman–Crippen LogP) is 2.24. The van der Waals surface area contributed by atoms with Crippen LogP contribution in [0.2, 0.25) is 0 Å². The number of benzene rings is 1. The van der Waals surface area contributed by atoms with Gasteiger partial charge in [-0.1, -0.05) is 13.8 Å². The molecular weight excluding hydrogens is 266 g/mol. The van der Waals surface area contributed by atoms with Gasteiger partial charge in [-0.2, -0.15) is 0 Å². The van der Waals surface area contributed by atoms with E-state index in [0.29, 0.717) is 17.3 Å². The first kappa shape index (κ1) is 15.6. The van der Waals surface area contributed by atoms with Crippen molar-refractivity contribution in [2.24, 2.45) is 5.41 Å². The van der Waals surface area contributed by atoms with E-state index >= 15 is 0 Å². The van der Waals surface area contributed by atoms with Crippen molar-refractivity contribution in [2.45, 2.75) is 39.3 Å². The highest BCUT2D eigenvalue weighted by Gasteiger charge is 2.48. The number of hydrogen-bond donors (Lipinski definition) is 3. The van der Waals surface area contributed by atoms with Crippen molar-refractivity contribution in [1.82, 2.24) is 5.32 Å². The zero-order valence-corrected chi connectivity index (χ0v) is 13.2. The Morgan fingerprint density at radius 1 is 1.48 bits per heavy atom. The fourth-order valence-electron chi connectivity index (χ4n) is 2.78. The van der Waals surface area contributed by atoms with E-state index in [4.69, 9.17) is 10.5 Å². The van der Waals surface area contributed by atoms with Crippen LogP contribution in [0, 0.1) is 5.41 Å². The third-order valence-electron chi connectivity index (χ3n) is 4.42. The highest BCUT2D eigenvalue weighted by molar-refractivity contribution is 5.95. The van der Waals surface area contributed by atoms with Gasteiger partial charge < -0.3 is 21.1 Å². The molecule has 1 amide bonds. The van der Waals surface area contributed by atoms with Gasteiger partial charge in [0.25, 0.3) is 5.91 Å². The highest BCUT2D eigenvalue weighted by Crippen LogP contribution is 2.44. The quantitative estimate of drug-likeness (QED) is 0.727. The summed E-state index contributed by atoms with van der Waals surface area (Å²) in [4.78, 5) is 11.6. The van der Waals surface area contributed by atoms with Crippen molar-refractivity contribution >= 4 is 17.3 Å². The summed E-state index contributed by atoms with van der Waals surface area (Å²) in [5.41, 5.74) is 8.15. The third kappa shape index (κ3) is 2.97. The van der Waals surface area contributed by atoms with Crippen LogP contribution in [0.25, 0.3) is 0 Å². The second-order valence-corrected chi connectivity index (χ2v) is 6.08. The van der Waals surface area contributed by atoms with Crippen LogP contribution in [-0.2, 0) is 4.74 Å². The topological polar surface area (TPSA) is 76.4 Å². The summed E-state index contributed by atoms with van der Waals surface area (Å²) in [6.45, 7) is 7.16. The van der Waals surface area contributed by atoms with Gasteiger partial charge in [0.2, 0.25) is 0 Å². The summed E-state index contributed by atoms with van der Waals surface area (Å²) in [6, 6.07) is 5.67.